The largest absolute Gasteiger partial charge is 0.388 e. The maximum atomic E-state index is 9.75. The van der Waals surface area contributed by atoms with Gasteiger partial charge in [0.1, 0.15) is 0 Å². The highest BCUT2D eigenvalue weighted by atomic mass is 16.3. The van der Waals surface area contributed by atoms with Crippen molar-refractivity contribution in [1.82, 2.24) is 0 Å². The van der Waals surface area contributed by atoms with Crippen LogP contribution >= 0.6 is 0 Å². The van der Waals surface area contributed by atoms with E-state index in [1.165, 1.54) is 5.57 Å². The number of aliphatic hydroxyl groups excluding tert-OH is 1. The van der Waals surface area contributed by atoms with Crippen LogP contribution in [-0.4, -0.2) is 11.2 Å². The van der Waals surface area contributed by atoms with Gasteiger partial charge in [0, 0.05) is 0 Å². The first-order valence-electron chi connectivity index (χ1n) is 4.80. The lowest BCUT2D eigenvalue weighted by molar-refractivity contribution is 0.193. The minimum atomic E-state index is -0.254. The molecule has 0 aliphatic heterocycles. The Labute approximate surface area is 78.8 Å². The topological polar surface area (TPSA) is 20.2 Å². The Hall–Kier alpha value is -1.08. The summed E-state index contributed by atoms with van der Waals surface area (Å²) in [6.45, 7) is 0. The van der Waals surface area contributed by atoms with Crippen LogP contribution in [0.5, 0.6) is 0 Å². The number of aliphatic hydroxyl groups is 1. The molecule has 1 unspecified atom stereocenters. The lowest BCUT2D eigenvalue weighted by Crippen LogP contribution is -2.15. The fourth-order valence-electron chi connectivity index (χ4n) is 1.86. The van der Waals surface area contributed by atoms with Crippen LogP contribution in [0.2, 0.25) is 0 Å². The number of hydrogen-bond donors (Lipinski definition) is 1. The molecule has 0 aromatic heterocycles. The normalized spacial score (nSPS) is 34.4. The van der Waals surface area contributed by atoms with Crippen LogP contribution in [-0.2, 0) is 0 Å². The van der Waals surface area contributed by atoms with Gasteiger partial charge < -0.3 is 5.11 Å². The van der Waals surface area contributed by atoms with Crippen molar-refractivity contribution >= 4 is 0 Å². The molecule has 68 valence electrons. The lowest BCUT2D eigenvalue weighted by Gasteiger charge is -2.21. The summed E-state index contributed by atoms with van der Waals surface area (Å²) >= 11 is 0. The van der Waals surface area contributed by atoms with E-state index in [9.17, 15) is 5.11 Å². The Balaban J connectivity index is 2.36. The zero-order valence-corrected chi connectivity index (χ0v) is 7.61. The molecule has 1 nitrogen and oxygen atoms in total. The van der Waals surface area contributed by atoms with Crippen LogP contribution < -0.4 is 0 Å². The van der Waals surface area contributed by atoms with Crippen molar-refractivity contribution in [3.05, 3.63) is 47.6 Å². The number of rotatable bonds is 0. The predicted octanol–water partition coefficient (Wildman–Crippen LogP) is 2.51. The summed E-state index contributed by atoms with van der Waals surface area (Å²) in [5.41, 5.74) is 2.39. The molecule has 13 heavy (non-hydrogen) atoms. The average molecular weight is 174 g/mol. The smallest absolute Gasteiger partial charge is 0.0792 e. The Morgan fingerprint density at radius 2 is 1.85 bits per heavy atom. The van der Waals surface area contributed by atoms with Gasteiger partial charge >= 0.3 is 0 Å². The second-order valence-electron chi connectivity index (χ2n) is 3.49. The van der Waals surface area contributed by atoms with Gasteiger partial charge in [-0.05, 0) is 30.4 Å². The highest BCUT2D eigenvalue weighted by Gasteiger charge is 2.17. The fourth-order valence-corrected chi connectivity index (χ4v) is 1.86. The fraction of sp³-hybridized carbons (Fsp3) is 0.333. The molecule has 0 fully saturated rings. The molecule has 2 aliphatic rings. The second-order valence-corrected chi connectivity index (χ2v) is 3.49. The third kappa shape index (κ3) is 1.81. The molecule has 2 rings (SSSR count). The number of allylic oxidation sites excluding steroid dienone is 6. The van der Waals surface area contributed by atoms with Crippen LogP contribution in [0, 0.1) is 0 Å². The quantitative estimate of drug-likeness (QED) is 0.598. The van der Waals surface area contributed by atoms with Gasteiger partial charge in [-0.1, -0.05) is 36.5 Å². The first-order valence-corrected chi connectivity index (χ1v) is 4.80. The first kappa shape index (κ1) is 8.52. The molecular formula is C12H14O. The van der Waals surface area contributed by atoms with Crippen molar-refractivity contribution < 1.29 is 5.11 Å². The maximum Gasteiger partial charge on any atom is 0.0792 e. The zero-order valence-electron chi connectivity index (χ0n) is 7.61. The molecule has 2 aliphatic carbocycles. The lowest BCUT2D eigenvalue weighted by atomic mass is 9.88. The van der Waals surface area contributed by atoms with Gasteiger partial charge in [0.15, 0.2) is 0 Å². The van der Waals surface area contributed by atoms with Gasteiger partial charge in [0.2, 0.25) is 0 Å². The Morgan fingerprint density at radius 3 is 2.69 bits per heavy atom. The maximum absolute atomic E-state index is 9.75. The zero-order chi connectivity index (χ0) is 9.10. The van der Waals surface area contributed by atoms with E-state index in [1.807, 2.05) is 30.4 Å². The minimum absolute atomic E-state index is 0.254. The molecule has 0 amide bonds. The van der Waals surface area contributed by atoms with E-state index in [0.29, 0.717) is 0 Å². The van der Waals surface area contributed by atoms with E-state index in [2.05, 4.69) is 6.08 Å². The molecule has 0 heterocycles. The summed E-state index contributed by atoms with van der Waals surface area (Å²) in [5, 5.41) is 9.75. The molecule has 0 saturated carbocycles. The third-order valence-corrected chi connectivity index (χ3v) is 2.56. The molecule has 0 aromatic rings. The van der Waals surface area contributed by atoms with Crippen LogP contribution in [0.1, 0.15) is 19.3 Å². The van der Waals surface area contributed by atoms with Crippen molar-refractivity contribution in [2.24, 2.45) is 0 Å². The van der Waals surface area contributed by atoms with Crippen LogP contribution in [0.3, 0.4) is 0 Å². The van der Waals surface area contributed by atoms with E-state index >= 15 is 0 Å². The predicted molar refractivity (Wildman–Crippen MR) is 54.3 cm³/mol. The monoisotopic (exact) mass is 174 g/mol. The van der Waals surface area contributed by atoms with Crippen molar-refractivity contribution in [3.8, 4) is 0 Å². The number of hydrogen-bond acceptors (Lipinski definition) is 1. The van der Waals surface area contributed by atoms with E-state index in [0.717, 1.165) is 24.8 Å². The average Bonchev–Trinajstić information content (AvgIpc) is 2.07. The molecular weight excluding hydrogens is 160 g/mol. The van der Waals surface area contributed by atoms with Crippen molar-refractivity contribution in [2.45, 2.75) is 25.4 Å². The molecule has 1 N–H and O–H groups in total. The summed E-state index contributed by atoms with van der Waals surface area (Å²) in [6.07, 6.45) is 15.0. The summed E-state index contributed by atoms with van der Waals surface area (Å²) in [5.74, 6) is 0. The Bertz CT molecular complexity index is 305. The standard InChI is InChI=1S/C12H14O/c13-12-9-5-7-10-6-3-1-2-4-8-11(10)12/h1-4,6,8,12-13H,5,7,9H2/b2-1-,3-1?,4-2?,6-3-,8-4-,10-6?,11-8?. The van der Waals surface area contributed by atoms with E-state index in [1.54, 1.807) is 0 Å². The molecule has 0 spiro atoms. The minimum Gasteiger partial charge on any atom is -0.388 e. The van der Waals surface area contributed by atoms with E-state index in [4.69, 9.17) is 0 Å². The van der Waals surface area contributed by atoms with E-state index in [-0.39, 0.29) is 6.10 Å². The Kier molecular flexibility index (Phi) is 2.46. The molecule has 0 radical (unpaired) electrons. The molecule has 0 aromatic carbocycles. The van der Waals surface area contributed by atoms with Gasteiger partial charge in [-0.3, -0.25) is 0 Å². The van der Waals surface area contributed by atoms with Crippen LogP contribution in [0.25, 0.3) is 0 Å². The van der Waals surface area contributed by atoms with Crippen molar-refractivity contribution in [3.63, 3.8) is 0 Å². The summed E-state index contributed by atoms with van der Waals surface area (Å²) < 4.78 is 0. The van der Waals surface area contributed by atoms with Crippen LogP contribution in [0.15, 0.2) is 47.6 Å². The third-order valence-electron chi connectivity index (χ3n) is 2.56. The molecule has 1 heteroatoms. The van der Waals surface area contributed by atoms with Crippen molar-refractivity contribution in [1.29, 1.82) is 0 Å². The van der Waals surface area contributed by atoms with Crippen molar-refractivity contribution in [2.75, 3.05) is 0 Å². The summed E-state index contributed by atoms with van der Waals surface area (Å²) in [4.78, 5) is 0. The molecule has 1 atom stereocenters. The second kappa shape index (κ2) is 3.75. The highest BCUT2D eigenvalue weighted by Crippen LogP contribution is 2.27. The first-order chi connectivity index (χ1) is 6.38. The van der Waals surface area contributed by atoms with Gasteiger partial charge in [0.25, 0.3) is 0 Å². The van der Waals surface area contributed by atoms with Gasteiger partial charge in [-0.2, -0.15) is 0 Å². The van der Waals surface area contributed by atoms with Gasteiger partial charge in [-0.15, -0.1) is 0 Å². The summed E-state index contributed by atoms with van der Waals surface area (Å²) in [6, 6.07) is 0. The van der Waals surface area contributed by atoms with Gasteiger partial charge in [0.05, 0.1) is 6.10 Å². The van der Waals surface area contributed by atoms with Gasteiger partial charge in [-0.25, -0.2) is 0 Å². The van der Waals surface area contributed by atoms with E-state index < -0.39 is 0 Å². The highest BCUT2D eigenvalue weighted by molar-refractivity contribution is 5.41. The molecule has 0 saturated heterocycles. The Morgan fingerprint density at radius 1 is 1.08 bits per heavy atom. The van der Waals surface area contributed by atoms with Crippen LogP contribution in [0.4, 0.5) is 0 Å². The summed E-state index contributed by atoms with van der Waals surface area (Å²) in [7, 11) is 0. The molecule has 0 bridgehead atoms. The SMILES string of the molecule is OC1CCCC2=C1\C=C/C=C\C=C/2.